The standard InChI is InChI=1S/C9H16O2/c1-3-5-6-7(4-2)8-9(10)11-8/h7-8H,3-6H2,1-2H3. The van der Waals surface area contributed by atoms with Crippen LogP contribution >= 0.6 is 0 Å². The highest BCUT2D eigenvalue weighted by molar-refractivity contribution is 5.87. The Bertz CT molecular complexity index is 142. The SMILES string of the molecule is CCCCC(CC)C1OC1=O. The number of epoxide rings is 1. The first-order valence-corrected chi connectivity index (χ1v) is 4.50. The molecule has 0 aliphatic carbocycles. The third-order valence-corrected chi connectivity index (χ3v) is 2.30. The topological polar surface area (TPSA) is 29.6 Å². The van der Waals surface area contributed by atoms with Gasteiger partial charge < -0.3 is 4.74 Å². The summed E-state index contributed by atoms with van der Waals surface area (Å²) in [6, 6.07) is 0. The van der Waals surface area contributed by atoms with E-state index in [4.69, 9.17) is 4.74 Å². The van der Waals surface area contributed by atoms with Gasteiger partial charge in [0.2, 0.25) is 6.10 Å². The van der Waals surface area contributed by atoms with Crippen LogP contribution in [0.3, 0.4) is 0 Å². The molecule has 2 nitrogen and oxygen atoms in total. The van der Waals surface area contributed by atoms with Crippen LogP contribution in [0.2, 0.25) is 0 Å². The molecule has 0 radical (unpaired) electrons. The summed E-state index contributed by atoms with van der Waals surface area (Å²) in [5, 5.41) is 0. The monoisotopic (exact) mass is 156 g/mol. The number of ether oxygens (including phenoxy) is 1. The third-order valence-electron chi connectivity index (χ3n) is 2.30. The smallest absolute Gasteiger partial charge is 0.348 e. The lowest BCUT2D eigenvalue weighted by atomic mass is 9.96. The van der Waals surface area contributed by atoms with E-state index in [0.29, 0.717) is 5.92 Å². The van der Waals surface area contributed by atoms with Crippen molar-refractivity contribution in [3.63, 3.8) is 0 Å². The van der Waals surface area contributed by atoms with E-state index in [0.717, 1.165) is 12.8 Å². The highest BCUT2D eigenvalue weighted by Gasteiger charge is 2.43. The van der Waals surface area contributed by atoms with Crippen molar-refractivity contribution in [3.05, 3.63) is 0 Å². The molecule has 1 rings (SSSR count). The molecule has 0 aromatic heterocycles. The minimum absolute atomic E-state index is 0.00736. The van der Waals surface area contributed by atoms with E-state index in [2.05, 4.69) is 13.8 Å². The van der Waals surface area contributed by atoms with Gasteiger partial charge in [-0.25, -0.2) is 4.79 Å². The Balaban J connectivity index is 2.20. The van der Waals surface area contributed by atoms with E-state index < -0.39 is 0 Å². The van der Waals surface area contributed by atoms with Crippen LogP contribution in [0, 0.1) is 5.92 Å². The van der Waals surface area contributed by atoms with Crippen LogP contribution in [0.5, 0.6) is 0 Å². The highest BCUT2D eigenvalue weighted by Crippen LogP contribution is 2.28. The fourth-order valence-electron chi connectivity index (χ4n) is 1.42. The molecular formula is C9H16O2. The van der Waals surface area contributed by atoms with Crippen LogP contribution in [0.1, 0.15) is 39.5 Å². The number of carbonyl (C=O) groups excluding carboxylic acids is 1. The zero-order valence-corrected chi connectivity index (χ0v) is 7.30. The third kappa shape index (κ3) is 2.21. The Morgan fingerprint density at radius 3 is 2.55 bits per heavy atom. The minimum Gasteiger partial charge on any atom is -0.447 e. The van der Waals surface area contributed by atoms with Crippen molar-refractivity contribution in [1.29, 1.82) is 0 Å². The first kappa shape index (κ1) is 8.57. The highest BCUT2D eigenvalue weighted by atomic mass is 16.6. The summed E-state index contributed by atoms with van der Waals surface area (Å²) in [4.78, 5) is 10.6. The summed E-state index contributed by atoms with van der Waals surface area (Å²) in [6.07, 6.45) is 4.59. The van der Waals surface area contributed by atoms with Crippen molar-refractivity contribution in [2.45, 2.75) is 45.6 Å². The second-order valence-corrected chi connectivity index (χ2v) is 3.17. The molecule has 64 valence electrons. The molecule has 0 N–H and O–H groups in total. The quantitative estimate of drug-likeness (QED) is 0.571. The van der Waals surface area contributed by atoms with E-state index in [1.807, 2.05) is 0 Å². The van der Waals surface area contributed by atoms with Crippen molar-refractivity contribution < 1.29 is 9.53 Å². The Kier molecular flexibility index (Phi) is 2.92. The lowest BCUT2D eigenvalue weighted by Crippen LogP contribution is -2.07. The second-order valence-electron chi connectivity index (χ2n) is 3.17. The molecule has 1 heterocycles. The largest absolute Gasteiger partial charge is 0.447 e. The Morgan fingerprint density at radius 1 is 1.55 bits per heavy atom. The molecule has 0 bridgehead atoms. The van der Waals surface area contributed by atoms with Crippen LogP contribution in [0.4, 0.5) is 0 Å². The number of hydrogen-bond acceptors (Lipinski definition) is 2. The van der Waals surface area contributed by atoms with Gasteiger partial charge >= 0.3 is 5.97 Å². The summed E-state index contributed by atoms with van der Waals surface area (Å²) in [6.45, 7) is 4.29. The lowest BCUT2D eigenvalue weighted by molar-refractivity contribution is -0.117. The normalized spacial score (nSPS) is 24.5. The van der Waals surface area contributed by atoms with E-state index >= 15 is 0 Å². The van der Waals surface area contributed by atoms with Gasteiger partial charge in [0, 0.05) is 5.92 Å². The molecule has 0 saturated carbocycles. The molecular weight excluding hydrogens is 140 g/mol. The summed E-state index contributed by atoms with van der Waals surface area (Å²) in [5.41, 5.74) is 0. The van der Waals surface area contributed by atoms with Crippen LogP contribution in [0.15, 0.2) is 0 Å². The summed E-state index contributed by atoms with van der Waals surface area (Å²) in [7, 11) is 0. The molecule has 1 saturated heterocycles. The lowest BCUT2D eigenvalue weighted by Gasteiger charge is -2.07. The van der Waals surface area contributed by atoms with Gasteiger partial charge in [0.15, 0.2) is 0 Å². The van der Waals surface area contributed by atoms with Crippen molar-refractivity contribution in [3.8, 4) is 0 Å². The van der Waals surface area contributed by atoms with Gasteiger partial charge in [-0.1, -0.05) is 26.7 Å². The molecule has 0 aromatic carbocycles. The van der Waals surface area contributed by atoms with Gasteiger partial charge in [-0.3, -0.25) is 0 Å². The molecule has 0 aromatic rings. The predicted molar refractivity (Wildman–Crippen MR) is 43.2 cm³/mol. The van der Waals surface area contributed by atoms with Crippen LogP contribution in [0.25, 0.3) is 0 Å². The number of hydrogen-bond donors (Lipinski definition) is 0. The molecule has 2 heteroatoms. The summed E-state index contributed by atoms with van der Waals surface area (Å²) < 4.78 is 4.83. The van der Waals surface area contributed by atoms with Gasteiger partial charge in [-0.2, -0.15) is 0 Å². The molecule has 0 spiro atoms. The summed E-state index contributed by atoms with van der Waals surface area (Å²) >= 11 is 0. The van der Waals surface area contributed by atoms with E-state index in [1.54, 1.807) is 0 Å². The first-order chi connectivity index (χ1) is 5.29. The maximum atomic E-state index is 10.6. The van der Waals surface area contributed by atoms with Gasteiger partial charge in [0.1, 0.15) is 0 Å². The van der Waals surface area contributed by atoms with E-state index in [-0.39, 0.29) is 12.1 Å². The predicted octanol–water partition coefficient (Wildman–Crippen LogP) is 2.13. The minimum atomic E-state index is -0.0356. The number of cyclic esters (lactones) is 1. The van der Waals surface area contributed by atoms with Crippen molar-refractivity contribution in [1.82, 2.24) is 0 Å². The van der Waals surface area contributed by atoms with E-state index in [9.17, 15) is 4.79 Å². The first-order valence-electron chi connectivity index (χ1n) is 4.50. The van der Waals surface area contributed by atoms with Crippen molar-refractivity contribution >= 4 is 5.97 Å². The molecule has 2 atom stereocenters. The average molecular weight is 156 g/mol. The average Bonchev–Trinajstić information content (AvgIpc) is 2.69. The van der Waals surface area contributed by atoms with Crippen LogP contribution in [-0.2, 0) is 9.53 Å². The van der Waals surface area contributed by atoms with Gasteiger partial charge in [-0.05, 0) is 12.8 Å². The Hall–Kier alpha value is -0.530. The number of carbonyl (C=O) groups is 1. The Labute approximate surface area is 67.9 Å². The van der Waals surface area contributed by atoms with E-state index in [1.165, 1.54) is 12.8 Å². The zero-order valence-electron chi connectivity index (χ0n) is 7.30. The number of unbranched alkanes of at least 4 members (excludes halogenated alkanes) is 1. The molecule has 1 aliphatic heterocycles. The van der Waals surface area contributed by atoms with Gasteiger partial charge in [0.05, 0.1) is 0 Å². The zero-order chi connectivity index (χ0) is 8.27. The molecule has 1 aliphatic rings. The van der Waals surface area contributed by atoms with Crippen LogP contribution in [-0.4, -0.2) is 12.1 Å². The maximum absolute atomic E-state index is 10.6. The van der Waals surface area contributed by atoms with Crippen LogP contribution < -0.4 is 0 Å². The second kappa shape index (κ2) is 3.74. The maximum Gasteiger partial charge on any atom is 0.348 e. The fraction of sp³-hybridized carbons (Fsp3) is 0.889. The van der Waals surface area contributed by atoms with Gasteiger partial charge in [0.25, 0.3) is 0 Å². The molecule has 0 amide bonds. The fourth-order valence-corrected chi connectivity index (χ4v) is 1.42. The summed E-state index contributed by atoms with van der Waals surface area (Å²) in [5.74, 6) is 0.496. The number of rotatable bonds is 5. The molecule has 11 heavy (non-hydrogen) atoms. The van der Waals surface area contributed by atoms with Crippen molar-refractivity contribution in [2.75, 3.05) is 0 Å². The molecule has 1 fully saturated rings. The Morgan fingerprint density at radius 2 is 2.18 bits per heavy atom. The van der Waals surface area contributed by atoms with Gasteiger partial charge in [-0.15, -0.1) is 0 Å². The van der Waals surface area contributed by atoms with Crippen molar-refractivity contribution in [2.24, 2.45) is 5.92 Å². The molecule has 2 unspecified atom stereocenters.